The highest BCUT2D eigenvalue weighted by Gasteiger charge is 2.25. The number of fused-ring (bicyclic) bond motifs is 1. The number of hydrogen-bond acceptors (Lipinski definition) is 5. The standard InChI is InChI=1S/C14H16N2O4/c1-6-8(7-2-4-15-5-3-7)9-10(16-6)12(18)14(20)13(19)11(9)17/h2,15-20H,3-5H2,1H3. The van der Waals surface area contributed by atoms with Crippen molar-refractivity contribution in [1.29, 1.82) is 0 Å². The second kappa shape index (κ2) is 4.35. The second-order valence-electron chi connectivity index (χ2n) is 4.95. The first-order valence-electron chi connectivity index (χ1n) is 6.40. The van der Waals surface area contributed by atoms with Crippen LogP contribution in [0.25, 0.3) is 16.5 Å². The molecule has 0 saturated carbocycles. The van der Waals surface area contributed by atoms with Crippen molar-refractivity contribution in [3.8, 4) is 23.0 Å². The van der Waals surface area contributed by atoms with Crippen molar-refractivity contribution in [3.05, 3.63) is 17.3 Å². The van der Waals surface area contributed by atoms with Crippen LogP contribution in [0.2, 0.25) is 0 Å². The largest absolute Gasteiger partial charge is 0.504 e. The molecule has 1 aliphatic heterocycles. The van der Waals surface area contributed by atoms with Crippen molar-refractivity contribution in [2.75, 3.05) is 13.1 Å². The first-order valence-corrected chi connectivity index (χ1v) is 6.40. The van der Waals surface area contributed by atoms with Crippen LogP contribution in [0, 0.1) is 6.92 Å². The van der Waals surface area contributed by atoms with Crippen LogP contribution < -0.4 is 5.32 Å². The fourth-order valence-electron chi connectivity index (χ4n) is 2.75. The van der Waals surface area contributed by atoms with Gasteiger partial charge in [0.15, 0.2) is 11.5 Å². The molecule has 1 aliphatic rings. The number of benzene rings is 1. The first kappa shape index (κ1) is 12.7. The minimum atomic E-state index is -0.720. The summed E-state index contributed by atoms with van der Waals surface area (Å²) in [6, 6.07) is 0. The molecule has 0 atom stereocenters. The molecule has 106 valence electrons. The minimum Gasteiger partial charge on any atom is -0.504 e. The molecule has 2 aromatic rings. The van der Waals surface area contributed by atoms with E-state index in [1.54, 1.807) is 0 Å². The maximum absolute atomic E-state index is 10.1. The molecule has 3 rings (SSSR count). The van der Waals surface area contributed by atoms with Crippen molar-refractivity contribution in [2.24, 2.45) is 0 Å². The van der Waals surface area contributed by atoms with Crippen LogP contribution in [0.1, 0.15) is 17.7 Å². The van der Waals surface area contributed by atoms with Gasteiger partial charge >= 0.3 is 0 Å². The van der Waals surface area contributed by atoms with Crippen molar-refractivity contribution in [3.63, 3.8) is 0 Å². The zero-order valence-electron chi connectivity index (χ0n) is 11.0. The van der Waals surface area contributed by atoms with E-state index >= 15 is 0 Å². The van der Waals surface area contributed by atoms with Gasteiger partial charge in [-0.05, 0) is 25.5 Å². The number of rotatable bonds is 1. The van der Waals surface area contributed by atoms with Gasteiger partial charge in [-0.15, -0.1) is 0 Å². The number of H-pyrrole nitrogens is 1. The Morgan fingerprint density at radius 2 is 1.70 bits per heavy atom. The molecule has 1 aromatic carbocycles. The van der Waals surface area contributed by atoms with Gasteiger partial charge in [-0.25, -0.2) is 0 Å². The summed E-state index contributed by atoms with van der Waals surface area (Å²) >= 11 is 0. The normalized spacial score (nSPS) is 15.6. The maximum Gasteiger partial charge on any atom is 0.206 e. The smallest absolute Gasteiger partial charge is 0.206 e. The molecule has 0 fully saturated rings. The van der Waals surface area contributed by atoms with Crippen molar-refractivity contribution < 1.29 is 20.4 Å². The predicted octanol–water partition coefficient (Wildman–Crippen LogP) is 1.68. The van der Waals surface area contributed by atoms with Gasteiger partial charge in [-0.2, -0.15) is 0 Å². The van der Waals surface area contributed by atoms with Gasteiger partial charge < -0.3 is 30.7 Å². The van der Waals surface area contributed by atoms with Crippen LogP contribution in [0.15, 0.2) is 6.08 Å². The van der Waals surface area contributed by atoms with Gasteiger partial charge in [0.25, 0.3) is 0 Å². The van der Waals surface area contributed by atoms with E-state index in [0.717, 1.165) is 36.3 Å². The topological polar surface area (TPSA) is 109 Å². The predicted molar refractivity (Wildman–Crippen MR) is 75.2 cm³/mol. The summed E-state index contributed by atoms with van der Waals surface area (Å²) in [5.41, 5.74) is 2.80. The number of aromatic hydroxyl groups is 4. The molecule has 6 heteroatoms. The van der Waals surface area contributed by atoms with Crippen LogP contribution in [0.5, 0.6) is 23.0 Å². The highest BCUT2D eigenvalue weighted by atomic mass is 16.3. The number of phenolic OH excluding ortho intramolecular Hbond substituents is 4. The molecule has 0 aliphatic carbocycles. The fraction of sp³-hybridized carbons (Fsp3) is 0.286. The Bertz CT molecular complexity index is 731. The summed E-state index contributed by atoms with van der Waals surface area (Å²) in [5.74, 6) is -2.31. The van der Waals surface area contributed by atoms with Crippen molar-refractivity contribution in [2.45, 2.75) is 13.3 Å². The van der Waals surface area contributed by atoms with Gasteiger partial charge in [0.05, 0.1) is 10.9 Å². The molecule has 20 heavy (non-hydrogen) atoms. The van der Waals surface area contributed by atoms with E-state index in [2.05, 4.69) is 10.3 Å². The number of nitrogens with one attached hydrogen (secondary N) is 2. The van der Waals surface area contributed by atoms with E-state index in [4.69, 9.17) is 0 Å². The van der Waals surface area contributed by atoms with Gasteiger partial charge in [0.1, 0.15) is 0 Å². The summed E-state index contributed by atoms with van der Waals surface area (Å²) in [7, 11) is 0. The van der Waals surface area contributed by atoms with Crippen LogP contribution >= 0.6 is 0 Å². The van der Waals surface area contributed by atoms with E-state index in [1.165, 1.54) is 0 Å². The van der Waals surface area contributed by atoms with Crippen LogP contribution in [-0.4, -0.2) is 38.5 Å². The minimum absolute atomic E-state index is 0.227. The number of aromatic nitrogens is 1. The molecular weight excluding hydrogens is 260 g/mol. The number of phenols is 4. The molecule has 0 amide bonds. The Kier molecular flexibility index (Phi) is 2.76. The summed E-state index contributed by atoms with van der Waals surface area (Å²) in [5, 5.41) is 42.9. The Labute approximate surface area is 115 Å². The lowest BCUT2D eigenvalue weighted by atomic mass is 9.96. The molecule has 2 heterocycles. The van der Waals surface area contributed by atoms with Crippen molar-refractivity contribution >= 4 is 16.5 Å². The van der Waals surface area contributed by atoms with E-state index < -0.39 is 23.0 Å². The van der Waals surface area contributed by atoms with Gasteiger partial charge in [0.2, 0.25) is 11.5 Å². The maximum atomic E-state index is 10.1. The van der Waals surface area contributed by atoms with Crippen LogP contribution in [0.4, 0.5) is 0 Å². The van der Waals surface area contributed by atoms with Gasteiger partial charge in [0, 0.05) is 17.8 Å². The number of aryl methyl sites for hydroxylation is 1. The Morgan fingerprint density at radius 3 is 2.35 bits per heavy atom. The fourth-order valence-corrected chi connectivity index (χ4v) is 2.75. The molecule has 0 spiro atoms. The quantitative estimate of drug-likeness (QED) is 0.351. The Balaban J connectivity index is 2.38. The molecular formula is C14H16N2O4. The lowest BCUT2D eigenvalue weighted by Gasteiger charge is -2.15. The first-order chi connectivity index (χ1) is 9.52. The summed E-state index contributed by atoms with van der Waals surface area (Å²) in [6.45, 7) is 3.39. The average molecular weight is 276 g/mol. The lowest BCUT2D eigenvalue weighted by molar-refractivity contribution is 0.350. The SMILES string of the molecule is Cc1[nH]c2c(O)c(O)c(O)c(O)c2c1C1=CCNCC1. The lowest BCUT2D eigenvalue weighted by Crippen LogP contribution is -2.20. The third-order valence-electron chi connectivity index (χ3n) is 3.72. The molecule has 0 saturated heterocycles. The molecule has 0 radical (unpaired) electrons. The third kappa shape index (κ3) is 1.61. The highest BCUT2D eigenvalue weighted by molar-refractivity contribution is 6.04. The summed E-state index contributed by atoms with van der Waals surface area (Å²) in [4.78, 5) is 2.96. The molecule has 6 nitrogen and oxygen atoms in total. The molecule has 0 bridgehead atoms. The number of aromatic amines is 1. The molecule has 1 aromatic heterocycles. The van der Waals surface area contributed by atoms with Gasteiger partial charge in [-0.3, -0.25) is 0 Å². The van der Waals surface area contributed by atoms with Crippen LogP contribution in [0.3, 0.4) is 0 Å². The summed E-state index contributed by atoms with van der Waals surface area (Å²) < 4.78 is 0. The monoisotopic (exact) mass is 276 g/mol. The number of hydrogen-bond donors (Lipinski definition) is 6. The molecule has 0 unspecified atom stereocenters. The Hall–Kier alpha value is -2.34. The Morgan fingerprint density at radius 1 is 1.00 bits per heavy atom. The van der Waals surface area contributed by atoms with Crippen LogP contribution in [-0.2, 0) is 0 Å². The molecule has 6 N–H and O–H groups in total. The van der Waals surface area contributed by atoms with Gasteiger partial charge in [-0.1, -0.05) is 6.08 Å². The summed E-state index contributed by atoms with van der Waals surface area (Å²) in [6.07, 6.45) is 2.80. The van der Waals surface area contributed by atoms with Crippen molar-refractivity contribution in [1.82, 2.24) is 10.3 Å². The third-order valence-corrected chi connectivity index (χ3v) is 3.72. The van der Waals surface area contributed by atoms with E-state index in [0.29, 0.717) is 5.39 Å². The average Bonchev–Trinajstić information content (AvgIpc) is 2.81. The second-order valence-corrected chi connectivity index (χ2v) is 4.95. The highest BCUT2D eigenvalue weighted by Crippen LogP contribution is 2.51. The van der Waals surface area contributed by atoms with E-state index in [-0.39, 0.29) is 5.52 Å². The zero-order chi connectivity index (χ0) is 14.4. The zero-order valence-corrected chi connectivity index (χ0v) is 11.0. The van der Waals surface area contributed by atoms with E-state index in [1.807, 2.05) is 13.0 Å². The van der Waals surface area contributed by atoms with E-state index in [9.17, 15) is 20.4 Å².